The van der Waals surface area contributed by atoms with Crippen LogP contribution in [-0.4, -0.2) is 128 Å². The van der Waals surface area contributed by atoms with Crippen molar-refractivity contribution in [2.24, 2.45) is 33.7 Å². The van der Waals surface area contributed by atoms with Crippen molar-refractivity contribution in [3.8, 4) is 0 Å². The number of unbranched alkanes of at least 4 members (excludes halogenated alkanes) is 1. The number of aliphatic imine (C=N–C) groups is 1. The Labute approximate surface area is 384 Å². The Morgan fingerprint density at radius 3 is 1.94 bits per heavy atom. The predicted molar refractivity (Wildman–Crippen MR) is 252 cm³/mol. The van der Waals surface area contributed by atoms with Gasteiger partial charge in [0.2, 0.25) is 35.9 Å². The maximum atomic E-state index is 12.6. The van der Waals surface area contributed by atoms with Crippen molar-refractivity contribution in [3.63, 3.8) is 0 Å². The summed E-state index contributed by atoms with van der Waals surface area (Å²) in [5.41, 5.74) is 26.5. The van der Waals surface area contributed by atoms with Gasteiger partial charge in [0.05, 0.1) is 25.0 Å². The van der Waals surface area contributed by atoms with Crippen LogP contribution < -0.4 is 65.3 Å². The number of hydrogen-bond acceptors (Lipinski definition) is 15. The molecule has 0 fully saturated rings. The summed E-state index contributed by atoms with van der Waals surface area (Å²) in [5, 5.41) is 23.1. The maximum Gasteiger partial charge on any atom is 0.305 e. The van der Waals surface area contributed by atoms with Gasteiger partial charge in [-0.2, -0.15) is 0 Å². The number of benzene rings is 1. The predicted octanol–water partition coefficient (Wildman–Crippen LogP) is -1.13. The minimum Gasteiger partial charge on any atom is -0.481 e. The number of ketones is 1. The van der Waals surface area contributed by atoms with Crippen LogP contribution in [0.1, 0.15) is 85.6 Å². The summed E-state index contributed by atoms with van der Waals surface area (Å²) in [4.78, 5) is 108. The number of carboxylic acids is 1. The molecule has 366 valence electrons. The van der Waals surface area contributed by atoms with Crippen LogP contribution in [0.25, 0.3) is 0 Å². The lowest BCUT2D eigenvalue weighted by Crippen LogP contribution is -2.51. The first-order valence-corrected chi connectivity index (χ1v) is 22.7. The highest BCUT2D eigenvalue weighted by atomic mass is 33.1. The molecule has 1 aromatic carbocycles. The molecular formula is C39H73N13O10S2. The molecule has 0 spiro atoms. The number of Topliss-reactive ketones (excluding diaryl/α,β-unsaturated/α-hetero) is 1. The number of rotatable bonds is 27. The monoisotopic (exact) mass is 948 g/mol. The molecule has 0 aliphatic rings. The second kappa shape index (κ2) is 42.8. The van der Waals surface area contributed by atoms with Gasteiger partial charge in [-0.05, 0) is 65.7 Å². The number of nitrogens with one attached hydrogen (secondary N) is 7. The van der Waals surface area contributed by atoms with E-state index in [1.165, 1.54) is 14.0 Å². The maximum absolute atomic E-state index is 12.6. The average Bonchev–Trinajstić information content (AvgIpc) is 3.27. The van der Waals surface area contributed by atoms with E-state index in [-0.39, 0.29) is 37.0 Å². The number of carbonyl (C=O) groups excluding carboxylic acids is 8. The summed E-state index contributed by atoms with van der Waals surface area (Å²) in [6.07, 6.45) is 2.82. The van der Waals surface area contributed by atoms with Crippen LogP contribution in [0.5, 0.6) is 0 Å². The van der Waals surface area contributed by atoms with E-state index < -0.39 is 78.0 Å². The van der Waals surface area contributed by atoms with Gasteiger partial charge in [0.15, 0.2) is 11.7 Å². The number of hydrogen-bond donors (Lipinski definition) is 13. The zero-order valence-corrected chi connectivity index (χ0v) is 39.8. The number of nitrogens with zero attached hydrogens (tertiary/aromatic N) is 1. The minimum absolute atomic E-state index is 0.101. The molecule has 7 amide bonds. The van der Waals surface area contributed by atoms with Crippen LogP contribution in [0.2, 0.25) is 0 Å². The van der Waals surface area contributed by atoms with Crippen LogP contribution in [0.4, 0.5) is 4.79 Å². The van der Waals surface area contributed by atoms with E-state index in [9.17, 15) is 43.2 Å². The van der Waals surface area contributed by atoms with Gasteiger partial charge in [-0.25, -0.2) is 0 Å². The number of carboxylic acid groups (broad SMARTS) is 1. The van der Waals surface area contributed by atoms with Gasteiger partial charge in [-0.1, -0.05) is 64.4 Å². The summed E-state index contributed by atoms with van der Waals surface area (Å²) in [7, 11) is 4.97. The second-order valence-corrected chi connectivity index (χ2v) is 14.4. The summed E-state index contributed by atoms with van der Waals surface area (Å²) >= 11 is 0. The molecule has 0 heterocycles. The first kappa shape index (κ1) is 65.1. The third-order valence-corrected chi connectivity index (χ3v) is 9.25. The zero-order chi connectivity index (χ0) is 50.0. The summed E-state index contributed by atoms with van der Waals surface area (Å²) in [6.45, 7) is 11.6. The molecule has 1 aromatic rings. The fourth-order valence-corrected chi connectivity index (χ4v) is 5.71. The molecule has 0 bridgehead atoms. The van der Waals surface area contributed by atoms with E-state index >= 15 is 0 Å². The molecule has 0 aliphatic carbocycles. The van der Waals surface area contributed by atoms with E-state index in [0.29, 0.717) is 19.3 Å². The van der Waals surface area contributed by atoms with Crippen LogP contribution in [0, 0.1) is 0 Å². The minimum atomic E-state index is -1.40. The summed E-state index contributed by atoms with van der Waals surface area (Å²) in [5.74, 6) is -4.90. The standard InChI is InChI=1S/C21H33N5O4S2.C13H23N7O6.2C2H6.CH5N/c1-14(15(2)27)24-20(29)18(13-16-9-5-4-6-10-16)25-21(30)31-32-26-19(28)17(22)11-7-8-12-23-3;14-11(25)8(4-10(23)24)20-9(22)5-18-12(26)7(19-6-21)2-1-3-17-13(15)16;3*1-2/h4-6,9-10,14,17-18,23H,7-8,11-13,22H2,1-3H3,(H,24,29)(H,25,30)(H,26,28);6-8H,1-5H2,(H2,14,25)(H,18,26)(H,19,21)(H,20,22)(H,23,24)(H4,15,16,17);2*1-2H3;2H2,1H3/t14-,17-,18-;7-,8-;;;/m00.../s1. The Hall–Kier alpha value is -5.50. The van der Waals surface area contributed by atoms with Gasteiger partial charge in [-0.15, -0.1) is 0 Å². The Bertz CT molecular complexity index is 1540. The van der Waals surface area contributed by atoms with E-state index in [2.05, 4.69) is 47.3 Å². The number of amides is 7. The molecule has 0 unspecified atom stereocenters. The lowest BCUT2D eigenvalue weighted by Gasteiger charge is -2.20. The van der Waals surface area contributed by atoms with Gasteiger partial charge in [0.25, 0.3) is 5.24 Å². The fourth-order valence-electron chi connectivity index (χ4n) is 4.42. The molecule has 23 nitrogen and oxygen atoms in total. The van der Waals surface area contributed by atoms with Crippen molar-refractivity contribution in [2.45, 2.75) is 117 Å². The first-order chi connectivity index (χ1) is 30.4. The average molecular weight is 948 g/mol. The second-order valence-electron chi connectivity index (χ2n) is 12.5. The highest BCUT2D eigenvalue weighted by molar-refractivity contribution is 8.81. The van der Waals surface area contributed by atoms with E-state index in [4.69, 9.17) is 28.0 Å². The third kappa shape index (κ3) is 36.0. The van der Waals surface area contributed by atoms with Gasteiger partial charge in [0, 0.05) is 34.7 Å². The van der Waals surface area contributed by atoms with Crippen molar-refractivity contribution in [3.05, 3.63) is 35.9 Å². The van der Waals surface area contributed by atoms with E-state index in [1.54, 1.807) is 6.92 Å². The SMILES string of the molecule is CC.CC.CN.CNCCCC[C@H](N)C(=O)NSSC(=O)N[C@@H](Cc1ccccc1)C(=O)N[C@@H](C)C(C)=O.NC(=O)[C@H](CC(=O)O)NC(=O)CNC(=O)[C@H](CCCN=C(N)N)NC=O. The Morgan fingerprint density at radius 1 is 0.812 bits per heavy atom. The largest absolute Gasteiger partial charge is 0.481 e. The highest BCUT2D eigenvalue weighted by Crippen LogP contribution is 2.19. The van der Waals surface area contributed by atoms with Crippen molar-refractivity contribution in [1.82, 2.24) is 36.6 Å². The molecule has 1 rings (SSSR count). The molecular weight excluding hydrogens is 875 g/mol. The summed E-state index contributed by atoms with van der Waals surface area (Å²) in [6, 6.07) is 4.74. The lowest BCUT2D eigenvalue weighted by atomic mass is 10.0. The van der Waals surface area contributed by atoms with Crippen LogP contribution in [0.15, 0.2) is 35.3 Å². The number of nitrogens with two attached hydrogens (primary N) is 5. The van der Waals surface area contributed by atoms with Crippen LogP contribution in [0.3, 0.4) is 0 Å². The topological polar surface area (TPSA) is 401 Å². The normalized spacial score (nSPS) is 12.0. The van der Waals surface area contributed by atoms with Crippen molar-refractivity contribution >= 4 is 80.7 Å². The molecule has 0 aliphatic heterocycles. The number of aliphatic carboxylic acids is 1. The Morgan fingerprint density at radius 2 is 1.42 bits per heavy atom. The molecule has 0 radical (unpaired) electrons. The smallest absolute Gasteiger partial charge is 0.305 e. The number of primary amides is 1. The first-order valence-electron chi connectivity index (χ1n) is 20.5. The van der Waals surface area contributed by atoms with Crippen molar-refractivity contribution in [1.29, 1.82) is 0 Å². The molecule has 18 N–H and O–H groups in total. The third-order valence-electron chi connectivity index (χ3n) is 7.66. The van der Waals surface area contributed by atoms with Crippen LogP contribution >= 0.6 is 21.8 Å². The molecule has 0 aromatic heterocycles. The van der Waals surface area contributed by atoms with Gasteiger partial charge >= 0.3 is 5.97 Å². The number of carbonyl (C=O) groups is 9. The molecule has 5 atom stereocenters. The quantitative estimate of drug-likeness (QED) is 0.0124. The molecule has 0 saturated carbocycles. The van der Waals surface area contributed by atoms with E-state index in [0.717, 1.165) is 46.7 Å². The van der Waals surface area contributed by atoms with Crippen molar-refractivity contribution < 1.29 is 48.3 Å². The number of guanidine groups is 1. The van der Waals surface area contributed by atoms with Crippen molar-refractivity contribution in [2.75, 3.05) is 33.7 Å². The van der Waals surface area contributed by atoms with Gasteiger partial charge in [-0.3, -0.25) is 52.9 Å². The van der Waals surface area contributed by atoms with Gasteiger partial charge in [0.1, 0.15) is 18.1 Å². The zero-order valence-electron chi connectivity index (χ0n) is 38.2. The molecule has 25 heteroatoms. The van der Waals surface area contributed by atoms with E-state index in [1.807, 2.05) is 65.1 Å². The molecule has 64 heavy (non-hydrogen) atoms. The summed E-state index contributed by atoms with van der Waals surface area (Å²) < 4.78 is 2.55. The fraction of sp³-hybridized carbons (Fsp3) is 0.590. The lowest BCUT2D eigenvalue weighted by molar-refractivity contribution is -0.140. The van der Waals surface area contributed by atoms with Crippen LogP contribution in [-0.2, 0) is 44.8 Å². The van der Waals surface area contributed by atoms with Gasteiger partial charge < -0.3 is 65.7 Å². The Balaban J connectivity index is -0.000000512. The molecule has 0 saturated heterocycles. The highest BCUT2D eigenvalue weighted by Gasteiger charge is 2.25. The Kier molecular flexibility index (Phi) is 43.5.